The van der Waals surface area contributed by atoms with E-state index in [1.807, 2.05) is 0 Å². The molecule has 0 heterocycles. The summed E-state index contributed by atoms with van der Waals surface area (Å²) < 4.78 is 6.50. The maximum Gasteiger partial charge on any atom is 0.192 e. The van der Waals surface area contributed by atoms with Gasteiger partial charge < -0.3 is 4.43 Å². The van der Waals surface area contributed by atoms with Gasteiger partial charge in [0.05, 0.1) is 17.6 Å². The summed E-state index contributed by atoms with van der Waals surface area (Å²) in [4.78, 5) is 0. The third kappa shape index (κ3) is 1.78. The first-order valence-electron chi connectivity index (χ1n) is 6.92. The van der Waals surface area contributed by atoms with Crippen LogP contribution in [0.15, 0.2) is 12.2 Å². The average molecular weight is 263 g/mol. The van der Waals surface area contributed by atoms with Crippen LogP contribution in [0.1, 0.15) is 34.1 Å². The van der Waals surface area contributed by atoms with Gasteiger partial charge in [0, 0.05) is 5.92 Å². The first-order valence-corrected chi connectivity index (χ1v) is 9.83. The molecule has 0 saturated heterocycles. The molecule has 0 amide bonds. The van der Waals surface area contributed by atoms with Crippen molar-refractivity contribution in [2.75, 3.05) is 0 Å². The van der Waals surface area contributed by atoms with Gasteiger partial charge in [-0.25, -0.2) is 0 Å². The minimum absolute atomic E-state index is 0.161. The van der Waals surface area contributed by atoms with E-state index in [4.69, 9.17) is 4.43 Å². The van der Waals surface area contributed by atoms with E-state index in [1.165, 1.54) is 0 Å². The molecule has 1 fully saturated rings. The maximum absolute atomic E-state index is 9.58. The van der Waals surface area contributed by atoms with Crippen LogP contribution < -0.4 is 0 Å². The molecule has 2 aliphatic carbocycles. The summed E-state index contributed by atoms with van der Waals surface area (Å²) in [5.41, 5.74) is -0.232. The Hall–Kier alpha value is -0.593. The third-order valence-electron chi connectivity index (χ3n) is 5.33. The normalized spacial score (nSPS) is 39.1. The number of fused-ring (bicyclic) bond motifs is 1. The Bertz CT molecular complexity index is 415. The molecule has 4 atom stereocenters. The van der Waals surface area contributed by atoms with Gasteiger partial charge in [-0.05, 0) is 30.5 Å². The zero-order valence-corrected chi connectivity index (χ0v) is 13.4. The van der Waals surface area contributed by atoms with Gasteiger partial charge in [0.15, 0.2) is 8.32 Å². The van der Waals surface area contributed by atoms with E-state index in [1.54, 1.807) is 0 Å². The van der Waals surface area contributed by atoms with E-state index in [2.05, 4.69) is 59.0 Å². The van der Waals surface area contributed by atoms with Gasteiger partial charge in [0.25, 0.3) is 0 Å². The van der Waals surface area contributed by atoms with E-state index in [0.717, 1.165) is 6.42 Å². The van der Waals surface area contributed by atoms with Crippen LogP contribution in [0.4, 0.5) is 0 Å². The highest BCUT2D eigenvalue weighted by Crippen LogP contribution is 2.64. The Balaban J connectivity index is 2.18. The minimum Gasteiger partial charge on any atom is -0.412 e. The van der Waals surface area contributed by atoms with Crippen LogP contribution in [0, 0.1) is 28.6 Å². The van der Waals surface area contributed by atoms with Crippen molar-refractivity contribution in [3.63, 3.8) is 0 Å². The molecular formula is C15H25NOSi. The van der Waals surface area contributed by atoms with Crippen molar-refractivity contribution in [3.05, 3.63) is 12.2 Å². The minimum atomic E-state index is -1.77. The van der Waals surface area contributed by atoms with Crippen molar-refractivity contribution in [1.29, 1.82) is 5.26 Å². The van der Waals surface area contributed by atoms with Crippen molar-refractivity contribution < 1.29 is 4.43 Å². The third-order valence-corrected chi connectivity index (χ3v) is 9.79. The molecule has 0 radical (unpaired) electrons. The Kier molecular flexibility index (Phi) is 3.03. The van der Waals surface area contributed by atoms with Gasteiger partial charge in [0.2, 0.25) is 0 Å². The predicted octanol–water partition coefficient (Wildman–Crippen LogP) is 4.11. The van der Waals surface area contributed by atoms with Crippen LogP contribution in [0.2, 0.25) is 18.1 Å². The van der Waals surface area contributed by atoms with Crippen LogP contribution in [0.3, 0.4) is 0 Å². The van der Waals surface area contributed by atoms with Crippen molar-refractivity contribution in [3.8, 4) is 6.07 Å². The predicted molar refractivity (Wildman–Crippen MR) is 76.5 cm³/mol. The van der Waals surface area contributed by atoms with Crippen LogP contribution in [0.5, 0.6) is 0 Å². The smallest absolute Gasteiger partial charge is 0.192 e. The summed E-state index contributed by atoms with van der Waals surface area (Å²) in [6, 6.07) is 2.57. The van der Waals surface area contributed by atoms with Gasteiger partial charge >= 0.3 is 0 Å². The van der Waals surface area contributed by atoms with Crippen molar-refractivity contribution in [2.45, 2.75) is 58.4 Å². The van der Waals surface area contributed by atoms with Crippen LogP contribution in [-0.2, 0) is 4.43 Å². The summed E-state index contributed by atoms with van der Waals surface area (Å²) in [6.45, 7) is 13.5. The number of rotatable bonds is 2. The fraction of sp³-hybridized carbons (Fsp3) is 0.800. The Labute approximate surface area is 112 Å². The van der Waals surface area contributed by atoms with E-state index in [0.29, 0.717) is 11.8 Å². The molecule has 18 heavy (non-hydrogen) atoms. The van der Waals surface area contributed by atoms with E-state index in [-0.39, 0.29) is 16.6 Å². The molecule has 0 spiro atoms. The molecule has 2 rings (SSSR count). The van der Waals surface area contributed by atoms with Gasteiger partial charge in [-0.2, -0.15) is 5.26 Å². The molecule has 0 aromatic rings. The summed E-state index contributed by atoms with van der Waals surface area (Å²) >= 11 is 0. The molecule has 100 valence electrons. The topological polar surface area (TPSA) is 33.0 Å². The lowest BCUT2D eigenvalue weighted by molar-refractivity contribution is 0.224. The summed E-state index contributed by atoms with van der Waals surface area (Å²) in [7, 11) is -1.77. The summed E-state index contributed by atoms with van der Waals surface area (Å²) in [6.07, 6.45) is 5.58. The zero-order valence-electron chi connectivity index (χ0n) is 12.4. The van der Waals surface area contributed by atoms with Gasteiger partial charge in [-0.1, -0.05) is 39.8 Å². The monoisotopic (exact) mass is 263 g/mol. The highest BCUT2D eigenvalue weighted by Gasteiger charge is 2.70. The quantitative estimate of drug-likeness (QED) is 0.555. The average Bonchev–Trinajstić information content (AvgIpc) is 2.86. The fourth-order valence-corrected chi connectivity index (χ4v) is 4.22. The first-order chi connectivity index (χ1) is 8.17. The second kappa shape index (κ2) is 3.95. The van der Waals surface area contributed by atoms with Gasteiger partial charge in [-0.3, -0.25) is 0 Å². The number of hydrogen-bond donors (Lipinski definition) is 0. The molecule has 1 unspecified atom stereocenters. The molecule has 0 bridgehead atoms. The maximum atomic E-state index is 9.58. The first kappa shape index (κ1) is 13.8. The SMILES string of the molecule is C[C@@H]1C=CC[C@H]2[C@H](O[Si](C)(C)C(C)(C)C)C12C#N. The molecule has 3 heteroatoms. The second-order valence-corrected chi connectivity index (χ2v) is 12.2. The second-order valence-electron chi connectivity index (χ2n) is 7.40. The lowest BCUT2D eigenvalue weighted by atomic mass is 9.85. The molecule has 0 aromatic heterocycles. The van der Waals surface area contributed by atoms with Crippen molar-refractivity contribution >= 4 is 8.32 Å². The number of nitrogens with zero attached hydrogens (tertiary/aromatic N) is 1. The molecule has 1 saturated carbocycles. The lowest BCUT2D eigenvalue weighted by Gasteiger charge is -2.37. The van der Waals surface area contributed by atoms with Crippen LogP contribution >= 0.6 is 0 Å². The van der Waals surface area contributed by atoms with Crippen molar-refractivity contribution in [1.82, 2.24) is 0 Å². The number of nitriles is 1. The van der Waals surface area contributed by atoms with Crippen LogP contribution in [-0.4, -0.2) is 14.4 Å². The highest BCUT2D eigenvalue weighted by molar-refractivity contribution is 6.74. The molecule has 0 aromatic carbocycles. The number of allylic oxidation sites excluding steroid dienone is 2. The van der Waals surface area contributed by atoms with Crippen LogP contribution in [0.25, 0.3) is 0 Å². The molecule has 2 nitrogen and oxygen atoms in total. The molecular weight excluding hydrogens is 238 g/mol. The Morgan fingerprint density at radius 3 is 2.44 bits per heavy atom. The standard InChI is InChI=1S/C15H25NOSi/c1-11-8-7-9-12-13(15(11,12)10-16)17-18(5,6)14(2,3)4/h7-8,11-13H,9H2,1-6H3/t11-,12+,13+,15?/m1/s1. The Morgan fingerprint density at radius 2 is 2.00 bits per heavy atom. The van der Waals surface area contributed by atoms with E-state index in [9.17, 15) is 5.26 Å². The number of hydrogen-bond acceptors (Lipinski definition) is 2. The van der Waals surface area contributed by atoms with Gasteiger partial charge in [0.1, 0.15) is 0 Å². The lowest BCUT2D eigenvalue weighted by Crippen LogP contribution is -2.42. The zero-order chi connectivity index (χ0) is 13.8. The van der Waals surface area contributed by atoms with E-state index < -0.39 is 8.32 Å². The summed E-state index contributed by atoms with van der Waals surface area (Å²) in [5.74, 6) is 0.757. The van der Waals surface area contributed by atoms with E-state index >= 15 is 0 Å². The highest BCUT2D eigenvalue weighted by atomic mass is 28.4. The van der Waals surface area contributed by atoms with Gasteiger partial charge in [-0.15, -0.1) is 0 Å². The molecule has 0 N–H and O–H groups in total. The largest absolute Gasteiger partial charge is 0.412 e. The Morgan fingerprint density at radius 1 is 1.39 bits per heavy atom. The molecule has 2 aliphatic rings. The fourth-order valence-electron chi connectivity index (χ4n) is 2.87. The molecule has 0 aliphatic heterocycles. The van der Waals surface area contributed by atoms with Crippen molar-refractivity contribution in [2.24, 2.45) is 17.3 Å². The summed E-state index contributed by atoms with van der Waals surface area (Å²) in [5, 5.41) is 9.80.